The van der Waals surface area contributed by atoms with Crippen molar-refractivity contribution in [2.75, 3.05) is 13.1 Å². The molecule has 0 aromatic heterocycles. The summed E-state index contributed by atoms with van der Waals surface area (Å²) in [6.45, 7) is 15.7. The molecule has 0 bridgehead atoms. The molecule has 0 aliphatic carbocycles. The van der Waals surface area contributed by atoms with E-state index in [-0.39, 0.29) is 12.8 Å². The molecule has 0 aromatic rings. The van der Waals surface area contributed by atoms with E-state index < -0.39 is 36.5 Å². The van der Waals surface area contributed by atoms with Crippen LogP contribution in [0.3, 0.4) is 0 Å². The molecule has 11 N–H and O–H groups in total. The van der Waals surface area contributed by atoms with Crippen molar-refractivity contribution in [1.29, 1.82) is 0 Å². The van der Waals surface area contributed by atoms with Crippen molar-refractivity contribution in [2.24, 2.45) is 17.2 Å². The van der Waals surface area contributed by atoms with Crippen LogP contribution >= 0.6 is 0 Å². The predicted octanol–water partition coefficient (Wildman–Crippen LogP) is -3.63. The van der Waals surface area contributed by atoms with E-state index in [1.54, 1.807) is 0 Å². The van der Waals surface area contributed by atoms with E-state index in [1.165, 1.54) is 0 Å². The first kappa shape index (κ1) is 30.2. The minimum absolute atomic E-state index is 0.0376. The molecule has 0 aliphatic rings. The molecule has 143 valence electrons. The topological polar surface area (TPSA) is 205 Å². The molecule has 0 heterocycles. The minimum atomic E-state index is -2.04. The fourth-order valence-electron chi connectivity index (χ4n) is 0.951. The Labute approximate surface area is 142 Å². The second-order valence-corrected chi connectivity index (χ2v) is 3.69. The molecule has 0 rings (SSSR count). The maximum atomic E-state index is 11.2. The Bertz CT molecular complexity index is 307. The first-order valence-corrected chi connectivity index (χ1v) is 6.69. The third kappa shape index (κ3) is 15.2. The molecule has 0 saturated carbocycles. The molecule has 0 spiro atoms. The van der Waals surface area contributed by atoms with Crippen LogP contribution in [0.2, 0.25) is 0 Å². The predicted molar refractivity (Wildman–Crippen MR) is 92.2 cm³/mol. The van der Waals surface area contributed by atoms with Gasteiger partial charge >= 0.3 is 0 Å². The van der Waals surface area contributed by atoms with Crippen molar-refractivity contribution < 1.29 is 30.0 Å². The van der Waals surface area contributed by atoms with E-state index in [4.69, 9.17) is 27.4 Å². The number of hydrogen-bond donors (Lipinski definition) is 8. The number of amides is 1. The first-order valence-electron chi connectivity index (χ1n) is 6.69. The lowest BCUT2D eigenvalue weighted by Gasteiger charge is -2.24. The van der Waals surface area contributed by atoms with Gasteiger partial charge in [0.1, 0.15) is 18.3 Å². The summed E-state index contributed by atoms with van der Waals surface area (Å²) in [4.78, 5) is 21.4. The summed E-state index contributed by atoms with van der Waals surface area (Å²) in [5.74, 6) is -1.08. The number of nitrogens with one attached hydrogen (secondary N) is 1. The van der Waals surface area contributed by atoms with Gasteiger partial charge in [-0.3, -0.25) is 4.79 Å². The average molecular weight is 351 g/mol. The normalized spacial score (nSPS) is 15.2. The Morgan fingerprint density at radius 2 is 1.42 bits per heavy atom. The zero-order valence-corrected chi connectivity index (χ0v) is 13.8. The molecule has 0 fully saturated rings. The largest absolute Gasteiger partial charge is 0.387 e. The van der Waals surface area contributed by atoms with Crippen molar-refractivity contribution in [3.8, 4) is 0 Å². The molecule has 24 heavy (non-hydrogen) atoms. The molecule has 10 heteroatoms. The number of aldehydes is 1. The van der Waals surface area contributed by atoms with E-state index in [1.807, 2.05) is 5.32 Å². The summed E-state index contributed by atoms with van der Waals surface area (Å²) in [5, 5.41) is 38.7. The lowest BCUT2D eigenvalue weighted by molar-refractivity contribution is -0.150. The Kier molecular flexibility index (Phi) is 26.9. The molecule has 1 unspecified atom stereocenters. The Morgan fingerprint density at radius 3 is 1.71 bits per heavy atom. The standard InChI is InChI=1S/C8H17N3O6.C2H6N.2C2H4/c9-1-4(10)11-8(17)7(16)6(15)5(14)3(13)2-12;1-2-3;2*1-2/h2-7,13-16H,1,9-10H2,(H,11,17);1-3H2;2*1-2H2/t3-,4?,5-,6+,7+;;;/m1.../s1. The molecule has 0 aromatic carbocycles. The Morgan fingerprint density at radius 1 is 1.04 bits per heavy atom. The van der Waals surface area contributed by atoms with Crippen LogP contribution in [-0.2, 0) is 9.59 Å². The molecule has 10 nitrogen and oxygen atoms in total. The van der Waals surface area contributed by atoms with Gasteiger partial charge < -0.3 is 47.7 Å². The van der Waals surface area contributed by atoms with Crippen molar-refractivity contribution >= 4 is 12.2 Å². The lowest BCUT2D eigenvalue weighted by atomic mass is 10.0. The number of hydrogen-bond acceptors (Lipinski definition) is 9. The summed E-state index contributed by atoms with van der Waals surface area (Å²) in [7, 11) is 0. The second kappa shape index (κ2) is 21.3. The molecule has 0 aliphatic heterocycles. The SMILES string of the molecule is C=C.C=C.NCC(N)NC(=O)[C@@H](O)[C@@H](O)[C@H](O)[C@H](O)C=O.[CH2]CN. The highest BCUT2D eigenvalue weighted by molar-refractivity contribution is 5.81. The van der Waals surface area contributed by atoms with Crippen LogP contribution in [-0.4, -0.2) is 76.3 Å². The zero-order chi connectivity index (χ0) is 20.3. The van der Waals surface area contributed by atoms with Crippen molar-refractivity contribution in [3.63, 3.8) is 0 Å². The Hall–Kier alpha value is -1.66. The van der Waals surface area contributed by atoms with Crippen molar-refractivity contribution in [3.05, 3.63) is 33.2 Å². The van der Waals surface area contributed by atoms with Gasteiger partial charge in [0, 0.05) is 6.54 Å². The van der Waals surface area contributed by atoms with Gasteiger partial charge in [0.15, 0.2) is 12.4 Å². The number of aliphatic hydroxyl groups excluding tert-OH is 4. The number of aliphatic hydroxyl groups is 4. The van der Waals surface area contributed by atoms with Gasteiger partial charge in [-0.1, -0.05) is 0 Å². The summed E-state index contributed by atoms with van der Waals surface area (Å²) in [6.07, 6.45) is -8.92. The highest BCUT2D eigenvalue weighted by Gasteiger charge is 2.34. The number of rotatable bonds is 7. The number of carbonyl (C=O) groups is 2. The fourth-order valence-corrected chi connectivity index (χ4v) is 0.951. The second-order valence-electron chi connectivity index (χ2n) is 3.69. The van der Waals surface area contributed by atoms with E-state index in [2.05, 4.69) is 33.2 Å². The molecule has 5 atom stereocenters. The third-order valence-electron chi connectivity index (χ3n) is 2.01. The van der Waals surface area contributed by atoms with Gasteiger partial charge in [-0.05, 0) is 13.5 Å². The van der Waals surface area contributed by atoms with Crippen molar-refractivity contribution in [2.45, 2.75) is 30.6 Å². The highest BCUT2D eigenvalue weighted by atomic mass is 16.4. The highest BCUT2D eigenvalue weighted by Crippen LogP contribution is 2.04. The van der Waals surface area contributed by atoms with Gasteiger partial charge in [0.25, 0.3) is 5.91 Å². The number of carbonyl (C=O) groups excluding carboxylic acids is 2. The van der Waals surface area contributed by atoms with Gasteiger partial charge in [-0.2, -0.15) is 0 Å². The van der Waals surface area contributed by atoms with Crippen LogP contribution in [0.5, 0.6) is 0 Å². The van der Waals surface area contributed by atoms with Crippen LogP contribution < -0.4 is 22.5 Å². The van der Waals surface area contributed by atoms with Gasteiger partial charge in [0.05, 0.1) is 6.17 Å². The maximum absolute atomic E-state index is 11.2. The van der Waals surface area contributed by atoms with Gasteiger partial charge in [0.2, 0.25) is 0 Å². The summed E-state index contributed by atoms with van der Waals surface area (Å²) in [6, 6.07) is 0. The van der Waals surface area contributed by atoms with E-state index in [0.29, 0.717) is 6.54 Å². The Balaban J connectivity index is -0.000000247. The van der Waals surface area contributed by atoms with Gasteiger partial charge in [-0.15, -0.1) is 26.3 Å². The maximum Gasteiger partial charge on any atom is 0.252 e. The third-order valence-corrected chi connectivity index (χ3v) is 2.01. The molecular weight excluding hydrogens is 320 g/mol. The van der Waals surface area contributed by atoms with E-state index in [0.717, 1.165) is 0 Å². The van der Waals surface area contributed by atoms with Gasteiger partial charge in [-0.25, -0.2) is 0 Å². The molecule has 1 radical (unpaired) electrons. The quantitative estimate of drug-likeness (QED) is 0.129. The monoisotopic (exact) mass is 351 g/mol. The fraction of sp³-hybridized carbons (Fsp3) is 0.500. The van der Waals surface area contributed by atoms with Crippen molar-refractivity contribution in [1.82, 2.24) is 5.32 Å². The average Bonchev–Trinajstić information content (AvgIpc) is 2.62. The molecular formula is C14H31N4O6. The molecule has 0 saturated heterocycles. The van der Waals surface area contributed by atoms with Crippen LogP contribution in [0, 0.1) is 6.92 Å². The molecule has 1 amide bonds. The van der Waals surface area contributed by atoms with Crippen LogP contribution in [0.25, 0.3) is 0 Å². The zero-order valence-electron chi connectivity index (χ0n) is 13.8. The summed E-state index contributed by atoms with van der Waals surface area (Å²) < 4.78 is 0. The van der Waals surface area contributed by atoms with E-state index in [9.17, 15) is 19.8 Å². The van der Waals surface area contributed by atoms with Crippen LogP contribution in [0.1, 0.15) is 0 Å². The summed E-state index contributed by atoms with van der Waals surface area (Å²) in [5.41, 5.74) is 15.1. The van der Waals surface area contributed by atoms with E-state index >= 15 is 0 Å². The van der Waals surface area contributed by atoms with Crippen LogP contribution in [0.15, 0.2) is 26.3 Å². The summed E-state index contributed by atoms with van der Waals surface area (Å²) >= 11 is 0. The number of nitrogens with two attached hydrogens (primary N) is 3. The smallest absolute Gasteiger partial charge is 0.252 e. The minimum Gasteiger partial charge on any atom is -0.387 e. The first-order chi connectivity index (χ1) is 11.3. The van der Waals surface area contributed by atoms with Crippen LogP contribution in [0.4, 0.5) is 0 Å². The lowest BCUT2D eigenvalue weighted by Crippen LogP contribution is -2.55.